The van der Waals surface area contributed by atoms with E-state index in [1.54, 1.807) is 0 Å². The highest BCUT2D eigenvalue weighted by molar-refractivity contribution is 7.84. The monoisotopic (exact) mass is 250 g/mol. The Balaban J connectivity index is 1.80. The van der Waals surface area contributed by atoms with Gasteiger partial charge in [0.1, 0.15) is 16.3 Å². The largest absolute Gasteiger partial charge is 0.430 e. The van der Waals surface area contributed by atoms with Crippen LogP contribution in [0.3, 0.4) is 0 Å². The average Bonchev–Trinajstić information content (AvgIpc) is 2.96. The summed E-state index contributed by atoms with van der Waals surface area (Å²) >= 11 is 0. The number of benzene rings is 1. The van der Waals surface area contributed by atoms with Gasteiger partial charge in [0.25, 0.3) is 5.22 Å². The van der Waals surface area contributed by atoms with Crippen LogP contribution in [0.1, 0.15) is 6.42 Å². The smallest absolute Gasteiger partial charge is 0.287 e. The molecule has 2 heterocycles. The van der Waals surface area contributed by atoms with Crippen LogP contribution in [0.15, 0.2) is 33.9 Å². The van der Waals surface area contributed by atoms with E-state index in [0.29, 0.717) is 22.5 Å². The van der Waals surface area contributed by atoms with Crippen molar-refractivity contribution in [3.8, 4) is 0 Å². The Morgan fingerprint density at radius 2 is 2.35 bits per heavy atom. The Bertz CT molecular complexity index is 513. The van der Waals surface area contributed by atoms with E-state index in [9.17, 15) is 4.21 Å². The molecule has 17 heavy (non-hydrogen) atoms. The summed E-state index contributed by atoms with van der Waals surface area (Å²) < 4.78 is 17.6. The summed E-state index contributed by atoms with van der Waals surface area (Å²) in [6, 6.07) is 7.51. The Hall–Kier alpha value is -1.20. The molecule has 1 aliphatic heterocycles. The number of nitrogens with zero attached hydrogens (tertiary/aromatic N) is 1. The number of para-hydroxylation sites is 2. The fourth-order valence-electron chi connectivity index (χ4n) is 2.09. The second-order valence-corrected chi connectivity index (χ2v) is 5.69. The van der Waals surface area contributed by atoms with E-state index in [4.69, 9.17) is 4.42 Å². The van der Waals surface area contributed by atoms with E-state index in [1.165, 1.54) is 0 Å². The minimum atomic E-state index is -1.12. The summed E-state index contributed by atoms with van der Waals surface area (Å²) in [5, 5.41) is 3.63. The third kappa shape index (κ3) is 2.25. The minimum Gasteiger partial charge on any atom is -0.430 e. The molecule has 0 radical (unpaired) electrons. The number of oxazole rings is 1. The van der Waals surface area contributed by atoms with E-state index < -0.39 is 10.8 Å². The predicted octanol–water partition coefficient (Wildman–Crippen LogP) is 1.54. The van der Waals surface area contributed by atoms with Crippen LogP contribution < -0.4 is 5.32 Å². The lowest BCUT2D eigenvalue weighted by Gasteiger charge is -2.04. The van der Waals surface area contributed by atoms with Crippen molar-refractivity contribution in [3.63, 3.8) is 0 Å². The summed E-state index contributed by atoms with van der Waals surface area (Å²) in [6.07, 6.45) is 1.09. The van der Waals surface area contributed by atoms with E-state index in [-0.39, 0.29) is 0 Å². The number of hydrogen-bond acceptors (Lipinski definition) is 4. The summed E-state index contributed by atoms with van der Waals surface area (Å²) in [7, 11) is -1.12. The molecular formula is C12H14N2O2S. The maximum atomic E-state index is 12.1. The van der Waals surface area contributed by atoms with Gasteiger partial charge in [0.2, 0.25) is 0 Å². The molecule has 1 N–H and O–H groups in total. The van der Waals surface area contributed by atoms with Crippen molar-refractivity contribution in [2.45, 2.75) is 11.6 Å². The van der Waals surface area contributed by atoms with Gasteiger partial charge in [-0.25, -0.2) is 9.19 Å². The normalized spacial score (nSPS) is 22.0. The van der Waals surface area contributed by atoms with Crippen LogP contribution in [-0.4, -0.2) is 28.0 Å². The number of aromatic nitrogens is 1. The van der Waals surface area contributed by atoms with Gasteiger partial charge in [-0.1, -0.05) is 12.1 Å². The molecule has 0 unspecified atom stereocenters. The van der Waals surface area contributed by atoms with Gasteiger partial charge in [-0.2, -0.15) is 0 Å². The number of fused-ring (bicyclic) bond motifs is 1. The lowest BCUT2D eigenvalue weighted by molar-refractivity contribution is 0.475. The van der Waals surface area contributed by atoms with Gasteiger partial charge >= 0.3 is 0 Å². The van der Waals surface area contributed by atoms with Crippen molar-refractivity contribution < 1.29 is 8.63 Å². The van der Waals surface area contributed by atoms with Crippen LogP contribution in [0.2, 0.25) is 0 Å². The van der Waals surface area contributed by atoms with E-state index >= 15 is 0 Å². The Labute approximate surface area is 102 Å². The van der Waals surface area contributed by atoms with Crippen LogP contribution in [0.4, 0.5) is 0 Å². The molecule has 5 heteroatoms. The van der Waals surface area contributed by atoms with Gasteiger partial charge in [0, 0.05) is 5.75 Å². The maximum absolute atomic E-state index is 12.1. The third-order valence-electron chi connectivity index (χ3n) is 3.02. The van der Waals surface area contributed by atoms with E-state index in [2.05, 4.69) is 10.3 Å². The molecule has 1 saturated heterocycles. The highest BCUT2D eigenvalue weighted by Gasteiger charge is 2.21. The number of hydrogen-bond donors (Lipinski definition) is 1. The first-order chi connectivity index (χ1) is 8.33. The summed E-state index contributed by atoms with van der Waals surface area (Å²) in [6.45, 7) is 1.97. The number of rotatable bonds is 3. The standard InChI is InChI=1S/C12H14N2O2S/c15-17(8-9-5-6-13-7-9)12-14-10-3-1-2-4-11(10)16-12/h1-4,9,13H,5-8H2/t9-,17+/m0/s1. The molecule has 1 fully saturated rings. The Kier molecular flexibility index (Phi) is 2.94. The highest BCUT2D eigenvalue weighted by atomic mass is 32.2. The molecule has 1 aromatic heterocycles. The molecule has 4 nitrogen and oxygen atoms in total. The maximum Gasteiger partial charge on any atom is 0.287 e. The van der Waals surface area contributed by atoms with Crippen molar-refractivity contribution in [2.24, 2.45) is 5.92 Å². The van der Waals surface area contributed by atoms with E-state index in [0.717, 1.165) is 25.0 Å². The minimum absolute atomic E-state index is 0.359. The van der Waals surface area contributed by atoms with E-state index in [1.807, 2.05) is 24.3 Å². The molecule has 3 rings (SSSR count). The van der Waals surface area contributed by atoms with Crippen molar-refractivity contribution in [1.29, 1.82) is 0 Å². The molecule has 0 saturated carbocycles. The number of nitrogens with one attached hydrogen (secondary N) is 1. The lowest BCUT2D eigenvalue weighted by atomic mass is 10.2. The average molecular weight is 250 g/mol. The predicted molar refractivity (Wildman–Crippen MR) is 66.3 cm³/mol. The van der Waals surface area contributed by atoms with Gasteiger partial charge in [-0.05, 0) is 37.6 Å². The van der Waals surface area contributed by atoms with Crippen molar-refractivity contribution >= 4 is 21.9 Å². The molecule has 1 aromatic carbocycles. The zero-order valence-corrected chi connectivity index (χ0v) is 10.2. The molecule has 90 valence electrons. The van der Waals surface area contributed by atoms with Gasteiger partial charge in [-0.3, -0.25) is 0 Å². The quantitative estimate of drug-likeness (QED) is 0.898. The highest BCUT2D eigenvalue weighted by Crippen LogP contribution is 2.19. The Morgan fingerprint density at radius 3 is 3.12 bits per heavy atom. The van der Waals surface area contributed by atoms with Crippen LogP contribution >= 0.6 is 0 Å². The first-order valence-electron chi connectivity index (χ1n) is 5.77. The second-order valence-electron chi connectivity index (χ2n) is 4.32. The zero-order chi connectivity index (χ0) is 11.7. The van der Waals surface area contributed by atoms with Crippen LogP contribution in [-0.2, 0) is 10.8 Å². The molecule has 0 bridgehead atoms. The molecule has 0 spiro atoms. The van der Waals surface area contributed by atoms with Gasteiger partial charge in [0.15, 0.2) is 5.58 Å². The van der Waals surface area contributed by atoms with Gasteiger partial charge in [-0.15, -0.1) is 0 Å². The summed E-state index contributed by atoms with van der Waals surface area (Å²) in [5.41, 5.74) is 1.49. The SMILES string of the molecule is O=[S@](C[C@H]1CCNC1)c1nc2ccccc2o1. The first kappa shape index (κ1) is 10.9. The fourth-order valence-corrected chi connectivity index (χ4v) is 3.33. The Morgan fingerprint density at radius 1 is 1.47 bits per heavy atom. The first-order valence-corrected chi connectivity index (χ1v) is 7.09. The topological polar surface area (TPSA) is 55.1 Å². The lowest BCUT2D eigenvalue weighted by Crippen LogP contribution is -2.15. The van der Waals surface area contributed by atoms with Crippen molar-refractivity contribution in [1.82, 2.24) is 10.3 Å². The van der Waals surface area contributed by atoms with Crippen molar-refractivity contribution in [2.75, 3.05) is 18.8 Å². The van der Waals surface area contributed by atoms with Crippen LogP contribution in [0, 0.1) is 5.92 Å². The molecule has 0 amide bonds. The molecule has 2 atom stereocenters. The fraction of sp³-hybridized carbons (Fsp3) is 0.417. The molecule has 1 aliphatic rings. The van der Waals surface area contributed by atoms with Gasteiger partial charge < -0.3 is 9.73 Å². The molecule has 0 aliphatic carbocycles. The molecular weight excluding hydrogens is 236 g/mol. The van der Waals surface area contributed by atoms with Crippen LogP contribution in [0.5, 0.6) is 0 Å². The van der Waals surface area contributed by atoms with Crippen molar-refractivity contribution in [3.05, 3.63) is 24.3 Å². The second kappa shape index (κ2) is 4.58. The molecule has 2 aromatic rings. The summed E-state index contributed by atoms with van der Waals surface area (Å²) in [4.78, 5) is 4.27. The van der Waals surface area contributed by atoms with Crippen LogP contribution in [0.25, 0.3) is 11.1 Å². The van der Waals surface area contributed by atoms with Gasteiger partial charge in [0.05, 0.1) is 0 Å². The zero-order valence-electron chi connectivity index (χ0n) is 9.39. The third-order valence-corrected chi connectivity index (χ3v) is 4.36. The summed E-state index contributed by atoms with van der Waals surface area (Å²) in [5.74, 6) is 1.12.